The van der Waals surface area contributed by atoms with Crippen molar-refractivity contribution in [1.29, 1.82) is 0 Å². The molecule has 0 rings (SSSR count). The Morgan fingerprint density at radius 2 is 2.20 bits per heavy atom. The van der Waals surface area contributed by atoms with Crippen LogP contribution in [0.3, 0.4) is 0 Å². The number of aliphatic hydroxyl groups excluding tert-OH is 1. The normalized spacial score (nSPS) is 8.20. The minimum atomic E-state index is -0.538. The third-order valence-electron chi connectivity index (χ3n) is 0.890. The SMILES string of the molecule is CCCCOC(=O)CO.[Mg+2]. The summed E-state index contributed by atoms with van der Waals surface area (Å²) in [5.74, 6) is -0.538. The van der Waals surface area contributed by atoms with Crippen LogP contribution in [0.4, 0.5) is 0 Å². The molecule has 54 valence electrons. The van der Waals surface area contributed by atoms with E-state index in [4.69, 9.17) is 5.11 Å². The molecule has 0 unspecified atom stereocenters. The molecule has 0 aromatic heterocycles. The molecule has 0 aromatic carbocycles. The van der Waals surface area contributed by atoms with E-state index in [1.807, 2.05) is 6.92 Å². The standard InChI is InChI=1S/C6H12O3.Mg/c1-2-3-4-9-6(8)5-7;/h7H,2-5H2,1H3;/q;+2. The minimum Gasteiger partial charge on any atom is -0.464 e. The minimum absolute atomic E-state index is 0. The number of rotatable bonds is 4. The van der Waals surface area contributed by atoms with Crippen molar-refractivity contribution in [3.8, 4) is 0 Å². The summed E-state index contributed by atoms with van der Waals surface area (Å²) < 4.78 is 4.54. The van der Waals surface area contributed by atoms with E-state index in [1.165, 1.54) is 0 Å². The topological polar surface area (TPSA) is 46.5 Å². The van der Waals surface area contributed by atoms with Gasteiger partial charge in [0.1, 0.15) is 6.61 Å². The summed E-state index contributed by atoms with van der Waals surface area (Å²) in [6.07, 6.45) is 1.87. The zero-order valence-electron chi connectivity index (χ0n) is 6.30. The third-order valence-corrected chi connectivity index (χ3v) is 0.890. The average molecular weight is 156 g/mol. The number of ether oxygens (including phenoxy) is 1. The molecule has 3 nitrogen and oxygen atoms in total. The monoisotopic (exact) mass is 156 g/mol. The van der Waals surface area contributed by atoms with Gasteiger partial charge < -0.3 is 9.84 Å². The Labute approximate surface area is 76.9 Å². The van der Waals surface area contributed by atoms with Crippen LogP contribution in [0.1, 0.15) is 19.8 Å². The van der Waals surface area contributed by atoms with Crippen molar-refractivity contribution < 1.29 is 14.6 Å². The maximum absolute atomic E-state index is 10.2. The quantitative estimate of drug-likeness (QED) is 0.352. The molecule has 0 saturated carbocycles. The fourth-order valence-electron chi connectivity index (χ4n) is 0.376. The summed E-state index contributed by atoms with van der Waals surface area (Å²) in [4.78, 5) is 10.2. The summed E-state index contributed by atoms with van der Waals surface area (Å²) in [6, 6.07) is 0. The van der Waals surface area contributed by atoms with Gasteiger partial charge in [0, 0.05) is 0 Å². The van der Waals surface area contributed by atoms with E-state index in [0.717, 1.165) is 12.8 Å². The summed E-state index contributed by atoms with van der Waals surface area (Å²) >= 11 is 0. The predicted octanol–water partition coefficient (Wildman–Crippen LogP) is -0.0588. The van der Waals surface area contributed by atoms with Crippen LogP contribution in [0.2, 0.25) is 0 Å². The van der Waals surface area contributed by atoms with Gasteiger partial charge in [-0.05, 0) is 6.42 Å². The van der Waals surface area contributed by atoms with E-state index in [-0.39, 0.29) is 23.1 Å². The Balaban J connectivity index is 0. The molecule has 0 spiro atoms. The molecular weight excluding hydrogens is 144 g/mol. The zero-order chi connectivity index (χ0) is 7.11. The van der Waals surface area contributed by atoms with Crippen LogP contribution in [0.5, 0.6) is 0 Å². The van der Waals surface area contributed by atoms with Gasteiger partial charge in [0.15, 0.2) is 0 Å². The largest absolute Gasteiger partial charge is 2.00 e. The Morgan fingerprint density at radius 1 is 1.60 bits per heavy atom. The van der Waals surface area contributed by atoms with Crippen LogP contribution in [0.25, 0.3) is 0 Å². The van der Waals surface area contributed by atoms with Crippen molar-refractivity contribution in [3.63, 3.8) is 0 Å². The van der Waals surface area contributed by atoms with E-state index in [0.29, 0.717) is 6.61 Å². The van der Waals surface area contributed by atoms with Crippen molar-refractivity contribution in [2.75, 3.05) is 13.2 Å². The number of esters is 1. The fraction of sp³-hybridized carbons (Fsp3) is 0.833. The van der Waals surface area contributed by atoms with Gasteiger partial charge in [0.05, 0.1) is 6.61 Å². The molecular formula is C6H12MgO3+2. The summed E-state index contributed by atoms with van der Waals surface area (Å²) in [5, 5.41) is 8.16. The predicted molar refractivity (Wildman–Crippen MR) is 38.7 cm³/mol. The summed E-state index contributed by atoms with van der Waals surface area (Å²) in [6.45, 7) is 1.92. The van der Waals surface area contributed by atoms with Crippen LogP contribution in [-0.2, 0) is 9.53 Å². The van der Waals surface area contributed by atoms with Gasteiger partial charge in [0.25, 0.3) is 0 Å². The van der Waals surface area contributed by atoms with Crippen LogP contribution in [0, 0.1) is 0 Å². The molecule has 0 bridgehead atoms. The molecule has 0 fully saturated rings. The molecule has 10 heavy (non-hydrogen) atoms. The third kappa shape index (κ3) is 8.20. The van der Waals surface area contributed by atoms with Crippen molar-refractivity contribution in [2.24, 2.45) is 0 Å². The number of unbranched alkanes of at least 4 members (excludes halogenated alkanes) is 1. The first kappa shape index (κ1) is 12.8. The molecule has 0 aliphatic rings. The molecule has 0 aliphatic heterocycles. The molecule has 0 heterocycles. The van der Waals surface area contributed by atoms with Crippen molar-refractivity contribution in [2.45, 2.75) is 19.8 Å². The smallest absolute Gasteiger partial charge is 0.464 e. The zero-order valence-corrected chi connectivity index (χ0v) is 7.71. The molecule has 0 amide bonds. The number of hydrogen-bond acceptors (Lipinski definition) is 3. The summed E-state index contributed by atoms with van der Waals surface area (Å²) in [5.41, 5.74) is 0. The van der Waals surface area contributed by atoms with Gasteiger partial charge in [0.2, 0.25) is 0 Å². The van der Waals surface area contributed by atoms with Crippen molar-refractivity contribution in [3.05, 3.63) is 0 Å². The molecule has 0 aromatic rings. The first-order valence-electron chi connectivity index (χ1n) is 3.07. The number of aliphatic hydroxyl groups is 1. The molecule has 0 radical (unpaired) electrons. The molecule has 0 atom stereocenters. The van der Waals surface area contributed by atoms with Gasteiger partial charge in [-0.25, -0.2) is 4.79 Å². The molecule has 0 saturated heterocycles. The first-order chi connectivity index (χ1) is 4.31. The van der Waals surface area contributed by atoms with Crippen LogP contribution < -0.4 is 0 Å². The second kappa shape index (κ2) is 9.20. The molecule has 1 N–H and O–H groups in total. The van der Waals surface area contributed by atoms with E-state index in [9.17, 15) is 4.79 Å². The average Bonchev–Trinajstić information content (AvgIpc) is 1.89. The Kier molecular flexibility index (Phi) is 11.8. The Hall–Kier alpha value is 0.196. The number of carbonyl (C=O) groups is 1. The van der Waals surface area contributed by atoms with E-state index >= 15 is 0 Å². The first-order valence-corrected chi connectivity index (χ1v) is 3.07. The van der Waals surface area contributed by atoms with Crippen LogP contribution >= 0.6 is 0 Å². The molecule has 0 aliphatic carbocycles. The second-order valence-corrected chi connectivity index (χ2v) is 1.73. The van der Waals surface area contributed by atoms with Crippen LogP contribution in [0.15, 0.2) is 0 Å². The van der Waals surface area contributed by atoms with Crippen LogP contribution in [-0.4, -0.2) is 47.3 Å². The van der Waals surface area contributed by atoms with Gasteiger partial charge >= 0.3 is 29.0 Å². The van der Waals surface area contributed by atoms with Gasteiger partial charge in [-0.15, -0.1) is 0 Å². The van der Waals surface area contributed by atoms with E-state index < -0.39 is 12.6 Å². The van der Waals surface area contributed by atoms with Crippen molar-refractivity contribution >= 4 is 29.0 Å². The number of hydrogen-bond donors (Lipinski definition) is 1. The summed E-state index contributed by atoms with van der Waals surface area (Å²) in [7, 11) is 0. The molecule has 4 heteroatoms. The Bertz CT molecular complexity index is 85.1. The Morgan fingerprint density at radius 3 is 2.60 bits per heavy atom. The maximum atomic E-state index is 10.2. The number of carbonyl (C=O) groups excluding carboxylic acids is 1. The second-order valence-electron chi connectivity index (χ2n) is 1.73. The fourth-order valence-corrected chi connectivity index (χ4v) is 0.376. The van der Waals surface area contributed by atoms with Gasteiger partial charge in [-0.3, -0.25) is 0 Å². The van der Waals surface area contributed by atoms with Gasteiger partial charge in [-0.1, -0.05) is 13.3 Å². The van der Waals surface area contributed by atoms with Crippen molar-refractivity contribution in [1.82, 2.24) is 0 Å². The maximum Gasteiger partial charge on any atom is 2.00 e. The van der Waals surface area contributed by atoms with E-state index in [2.05, 4.69) is 4.74 Å². The van der Waals surface area contributed by atoms with Gasteiger partial charge in [-0.2, -0.15) is 0 Å². The van der Waals surface area contributed by atoms with E-state index in [1.54, 1.807) is 0 Å².